The van der Waals surface area contributed by atoms with Crippen LogP contribution in [-0.2, 0) is 9.53 Å². The highest BCUT2D eigenvalue weighted by molar-refractivity contribution is 6.35. The summed E-state index contributed by atoms with van der Waals surface area (Å²) in [5, 5.41) is 2.76. The SMILES string of the molecule is COC(=O)CCNc1cc(Cl)c(F)c(Cl)c1. The summed E-state index contributed by atoms with van der Waals surface area (Å²) in [7, 11) is 1.31. The Kier molecular flexibility index (Phi) is 4.83. The van der Waals surface area contributed by atoms with Gasteiger partial charge in [-0.2, -0.15) is 0 Å². The average Bonchev–Trinajstić information content (AvgIpc) is 2.25. The lowest BCUT2D eigenvalue weighted by Crippen LogP contribution is -2.09. The number of nitrogens with one attached hydrogen (secondary N) is 1. The molecule has 0 saturated heterocycles. The van der Waals surface area contributed by atoms with E-state index in [2.05, 4.69) is 10.1 Å². The molecule has 1 N–H and O–H groups in total. The molecule has 0 radical (unpaired) electrons. The first-order chi connectivity index (χ1) is 7.54. The second-order valence-electron chi connectivity index (χ2n) is 3.01. The summed E-state index contributed by atoms with van der Waals surface area (Å²) in [4.78, 5) is 10.8. The molecule has 16 heavy (non-hydrogen) atoms. The van der Waals surface area contributed by atoms with Crippen molar-refractivity contribution >= 4 is 34.9 Å². The minimum absolute atomic E-state index is 0.0620. The normalized spacial score (nSPS) is 10.0. The summed E-state index contributed by atoms with van der Waals surface area (Å²) in [5.74, 6) is -0.978. The van der Waals surface area contributed by atoms with Gasteiger partial charge in [-0.25, -0.2) is 4.39 Å². The van der Waals surface area contributed by atoms with Gasteiger partial charge in [0.25, 0.3) is 0 Å². The van der Waals surface area contributed by atoms with Crippen molar-refractivity contribution in [2.24, 2.45) is 0 Å². The number of carbonyl (C=O) groups is 1. The second kappa shape index (κ2) is 5.92. The lowest BCUT2D eigenvalue weighted by atomic mass is 10.3. The molecule has 0 spiro atoms. The number of rotatable bonds is 4. The van der Waals surface area contributed by atoms with E-state index in [9.17, 15) is 9.18 Å². The summed E-state index contributed by atoms with van der Waals surface area (Å²) in [5.41, 5.74) is 0.556. The lowest BCUT2D eigenvalue weighted by Gasteiger charge is -2.07. The molecule has 0 unspecified atom stereocenters. The Morgan fingerprint density at radius 3 is 2.50 bits per heavy atom. The Hall–Kier alpha value is -1.00. The van der Waals surface area contributed by atoms with Gasteiger partial charge in [0.2, 0.25) is 0 Å². The molecule has 0 bridgehead atoms. The summed E-state index contributed by atoms with van der Waals surface area (Å²) in [6.45, 7) is 0.366. The zero-order valence-electron chi connectivity index (χ0n) is 8.52. The minimum Gasteiger partial charge on any atom is -0.469 e. The van der Waals surface area contributed by atoms with Gasteiger partial charge >= 0.3 is 5.97 Å². The first-order valence-corrected chi connectivity index (χ1v) is 5.25. The first-order valence-electron chi connectivity index (χ1n) is 4.50. The fourth-order valence-corrected chi connectivity index (χ4v) is 1.56. The van der Waals surface area contributed by atoms with E-state index < -0.39 is 5.82 Å². The fraction of sp³-hybridized carbons (Fsp3) is 0.300. The molecule has 1 aromatic rings. The van der Waals surface area contributed by atoms with Crippen LogP contribution in [0.25, 0.3) is 0 Å². The van der Waals surface area contributed by atoms with Gasteiger partial charge in [0.1, 0.15) is 0 Å². The van der Waals surface area contributed by atoms with Crippen molar-refractivity contribution in [2.75, 3.05) is 19.0 Å². The van der Waals surface area contributed by atoms with Gasteiger partial charge in [0, 0.05) is 12.2 Å². The third-order valence-corrected chi connectivity index (χ3v) is 2.42. The largest absolute Gasteiger partial charge is 0.469 e. The zero-order chi connectivity index (χ0) is 12.1. The monoisotopic (exact) mass is 265 g/mol. The van der Waals surface area contributed by atoms with Crippen molar-refractivity contribution in [3.8, 4) is 0 Å². The van der Waals surface area contributed by atoms with Crippen LogP contribution in [-0.4, -0.2) is 19.6 Å². The van der Waals surface area contributed by atoms with Crippen molar-refractivity contribution in [3.63, 3.8) is 0 Å². The molecule has 88 valence electrons. The van der Waals surface area contributed by atoms with E-state index in [-0.39, 0.29) is 22.4 Å². The van der Waals surface area contributed by atoms with E-state index in [1.54, 1.807) is 0 Å². The quantitative estimate of drug-likeness (QED) is 0.672. The van der Waals surface area contributed by atoms with Crippen molar-refractivity contribution in [1.29, 1.82) is 0 Å². The van der Waals surface area contributed by atoms with Crippen LogP contribution in [0.5, 0.6) is 0 Å². The number of halogens is 3. The van der Waals surface area contributed by atoms with Crippen LogP contribution in [0.1, 0.15) is 6.42 Å². The summed E-state index contributed by atoms with van der Waals surface area (Å²) >= 11 is 11.2. The number of benzene rings is 1. The third-order valence-electron chi connectivity index (χ3n) is 1.87. The van der Waals surface area contributed by atoms with Crippen LogP contribution in [0.2, 0.25) is 10.0 Å². The number of carbonyl (C=O) groups excluding carboxylic acids is 1. The van der Waals surface area contributed by atoms with E-state index >= 15 is 0 Å². The molecule has 1 rings (SSSR count). The molecule has 6 heteroatoms. The molecule has 0 aromatic heterocycles. The predicted molar refractivity (Wildman–Crippen MR) is 61.5 cm³/mol. The number of anilines is 1. The molecule has 0 fully saturated rings. The maximum absolute atomic E-state index is 13.0. The number of methoxy groups -OCH3 is 1. The van der Waals surface area contributed by atoms with Crippen molar-refractivity contribution in [2.45, 2.75) is 6.42 Å². The summed E-state index contributed by atoms with van der Waals surface area (Å²) in [6.07, 6.45) is 0.211. The average molecular weight is 266 g/mol. The van der Waals surface area contributed by atoms with Crippen LogP contribution in [0.4, 0.5) is 10.1 Å². The Bertz CT molecular complexity index is 375. The van der Waals surface area contributed by atoms with Gasteiger partial charge in [-0.15, -0.1) is 0 Å². The molecule has 0 aliphatic heterocycles. The lowest BCUT2D eigenvalue weighted by molar-refractivity contribution is -0.140. The fourth-order valence-electron chi connectivity index (χ4n) is 1.07. The third kappa shape index (κ3) is 3.54. The molecule has 1 aromatic carbocycles. The number of ether oxygens (including phenoxy) is 1. The maximum atomic E-state index is 13.0. The highest BCUT2D eigenvalue weighted by Gasteiger charge is 2.07. The molecule has 0 heterocycles. The number of hydrogen-bond acceptors (Lipinski definition) is 3. The van der Waals surface area contributed by atoms with E-state index in [0.717, 1.165) is 0 Å². The molecule has 3 nitrogen and oxygen atoms in total. The first kappa shape index (κ1) is 13.1. The zero-order valence-corrected chi connectivity index (χ0v) is 10.0. The highest BCUT2D eigenvalue weighted by atomic mass is 35.5. The summed E-state index contributed by atoms with van der Waals surface area (Å²) in [6, 6.07) is 2.81. The molecule has 0 aliphatic rings. The van der Waals surface area contributed by atoms with Crippen molar-refractivity contribution in [1.82, 2.24) is 0 Å². The Morgan fingerprint density at radius 2 is 2.00 bits per heavy atom. The molecule has 0 saturated carbocycles. The van der Waals surface area contributed by atoms with E-state index in [4.69, 9.17) is 23.2 Å². The van der Waals surface area contributed by atoms with Gasteiger partial charge in [0.15, 0.2) is 5.82 Å². The summed E-state index contributed by atoms with van der Waals surface area (Å²) < 4.78 is 17.5. The smallest absolute Gasteiger partial charge is 0.307 e. The molecular weight excluding hydrogens is 256 g/mol. The van der Waals surface area contributed by atoms with Crippen LogP contribution in [0, 0.1) is 5.82 Å². The maximum Gasteiger partial charge on any atom is 0.307 e. The van der Waals surface area contributed by atoms with Crippen molar-refractivity contribution < 1.29 is 13.9 Å². The predicted octanol–water partition coefficient (Wildman–Crippen LogP) is 3.11. The second-order valence-corrected chi connectivity index (χ2v) is 3.82. The number of hydrogen-bond donors (Lipinski definition) is 1. The number of esters is 1. The van der Waals surface area contributed by atoms with Crippen LogP contribution in [0.3, 0.4) is 0 Å². The Balaban J connectivity index is 2.58. The molecule has 0 atom stereocenters. The van der Waals surface area contributed by atoms with Gasteiger partial charge < -0.3 is 10.1 Å². The van der Waals surface area contributed by atoms with E-state index in [1.807, 2.05) is 0 Å². The van der Waals surface area contributed by atoms with Gasteiger partial charge in [-0.1, -0.05) is 23.2 Å². The molecular formula is C10H10Cl2FNO2. The van der Waals surface area contributed by atoms with Crippen LogP contribution in [0.15, 0.2) is 12.1 Å². The van der Waals surface area contributed by atoms with Crippen LogP contribution < -0.4 is 5.32 Å². The minimum atomic E-state index is -0.651. The molecule has 0 aliphatic carbocycles. The van der Waals surface area contributed by atoms with E-state index in [1.165, 1.54) is 19.2 Å². The standard InChI is InChI=1S/C10H10Cl2FNO2/c1-16-9(15)2-3-14-6-4-7(11)10(13)8(12)5-6/h4-5,14H,2-3H2,1H3. The van der Waals surface area contributed by atoms with Gasteiger partial charge in [-0.05, 0) is 12.1 Å². The van der Waals surface area contributed by atoms with Crippen molar-refractivity contribution in [3.05, 3.63) is 28.0 Å². The Labute approximate surface area is 102 Å². The van der Waals surface area contributed by atoms with Crippen LogP contribution >= 0.6 is 23.2 Å². The van der Waals surface area contributed by atoms with Gasteiger partial charge in [-0.3, -0.25) is 4.79 Å². The molecule has 0 amide bonds. The topological polar surface area (TPSA) is 38.3 Å². The van der Waals surface area contributed by atoms with E-state index in [0.29, 0.717) is 12.2 Å². The highest BCUT2D eigenvalue weighted by Crippen LogP contribution is 2.27. The van der Waals surface area contributed by atoms with Gasteiger partial charge in [0.05, 0.1) is 23.6 Å². The Morgan fingerprint density at radius 1 is 1.44 bits per heavy atom.